The average molecular weight is 327 g/mol. The molecule has 0 radical (unpaired) electrons. The van der Waals surface area contributed by atoms with Gasteiger partial charge >= 0.3 is 0 Å². The third-order valence-electron chi connectivity index (χ3n) is 5.03. The zero-order valence-electron chi connectivity index (χ0n) is 14.4. The number of piperidine rings is 1. The molecule has 1 aliphatic rings. The lowest BCUT2D eigenvalue weighted by Crippen LogP contribution is -2.48. The first-order valence-electron chi connectivity index (χ1n) is 8.71. The number of likely N-dealkylation sites (tertiary alicyclic amines) is 1. The first-order chi connectivity index (χ1) is 11.5. The molecule has 5 heteroatoms. The zero-order chi connectivity index (χ0) is 17.3. The summed E-state index contributed by atoms with van der Waals surface area (Å²) in [6, 6.07) is 8.13. The SMILES string of the molecule is CCCn1cc(C(=O)N2C[C@@H](C(N)=O)CC[C@H]2C)c2ccccc21. The van der Waals surface area contributed by atoms with E-state index in [2.05, 4.69) is 11.5 Å². The first-order valence-corrected chi connectivity index (χ1v) is 8.71. The van der Waals surface area contributed by atoms with Crippen LogP contribution in [0.2, 0.25) is 0 Å². The molecule has 2 heterocycles. The van der Waals surface area contributed by atoms with Crippen molar-refractivity contribution in [3.63, 3.8) is 0 Å². The number of rotatable bonds is 4. The molecule has 1 aromatic carbocycles. The van der Waals surface area contributed by atoms with Crippen LogP contribution < -0.4 is 5.73 Å². The maximum absolute atomic E-state index is 13.2. The lowest BCUT2D eigenvalue weighted by atomic mass is 9.92. The molecule has 1 fully saturated rings. The zero-order valence-corrected chi connectivity index (χ0v) is 14.4. The van der Waals surface area contributed by atoms with Crippen molar-refractivity contribution in [1.82, 2.24) is 9.47 Å². The van der Waals surface area contributed by atoms with E-state index in [1.165, 1.54) is 0 Å². The van der Waals surface area contributed by atoms with Gasteiger partial charge in [0.05, 0.1) is 11.5 Å². The summed E-state index contributed by atoms with van der Waals surface area (Å²) in [7, 11) is 0. The molecule has 1 saturated heterocycles. The van der Waals surface area contributed by atoms with Gasteiger partial charge in [-0.25, -0.2) is 0 Å². The molecule has 0 bridgehead atoms. The number of carbonyl (C=O) groups excluding carboxylic acids is 2. The summed E-state index contributed by atoms with van der Waals surface area (Å²) in [5.41, 5.74) is 7.27. The van der Waals surface area contributed by atoms with Crippen LogP contribution in [0.3, 0.4) is 0 Å². The number of hydrogen-bond acceptors (Lipinski definition) is 2. The molecule has 2 N–H and O–H groups in total. The average Bonchev–Trinajstić information content (AvgIpc) is 2.94. The van der Waals surface area contributed by atoms with Crippen molar-refractivity contribution in [2.45, 2.75) is 45.7 Å². The van der Waals surface area contributed by atoms with Crippen LogP contribution in [0.1, 0.15) is 43.5 Å². The van der Waals surface area contributed by atoms with Gasteiger partial charge in [0.15, 0.2) is 0 Å². The van der Waals surface area contributed by atoms with Gasteiger partial charge in [-0.15, -0.1) is 0 Å². The topological polar surface area (TPSA) is 68.3 Å². The minimum Gasteiger partial charge on any atom is -0.369 e. The molecule has 2 atom stereocenters. The third-order valence-corrected chi connectivity index (χ3v) is 5.03. The van der Waals surface area contributed by atoms with Crippen molar-refractivity contribution in [1.29, 1.82) is 0 Å². The Morgan fingerprint density at radius 2 is 2.00 bits per heavy atom. The molecule has 1 aromatic heterocycles. The van der Waals surface area contributed by atoms with Crippen molar-refractivity contribution in [2.24, 2.45) is 11.7 Å². The van der Waals surface area contributed by atoms with Crippen molar-refractivity contribution in [3.8, 4) is 0 Å². The van der Waals surface area contributed by atoms with Gasteiger partial charge in [-0.2, -0.15) is 0 Å². The van der Waals surface area contributed by atoms with Crippen LogP contribution in [-0.4, -0.2) is 33.9 Å². The number of fused-ring (bicyclic) bond motifs is 1. The number of benzene rings is 1. The normalized spacial score (nSPS) is 21.2. The van der Waals surface area contributed by atoms with E-state index in [9.17, 15) is 9.59 Å². The Morgan fingerprint density at radius 1 is 1.25 bits per heavy atom. The Bertz CT molecular complexity index is 765. The van der Waals surface area contributed by atoms with Gasteiger partial charge in [-0.3, -0.25) is 9.59 Å². The molecule has 0 spiro atoms. The molecule has 5 nitrogen and oxygen atoms in total. The van der Waals surface area contributed by atoms with Crippen LogP contribution >= 0.6 is 0 Å². The van der Waals surface area contributed by atoms with Crippen molar-refractivity contribution < 1.29 is 9.59 Å². The van der Waals surface area contributed by atoms with E-state index >= 15 is 0 Å². The summed E-state index contributed by atoms with van der Waals surface area (Å²) in [4.78, 5) is 26.5. The quantitative estimate of drug-likeness (QED) is 0.938. The molecule has 0 saturated carbocycles. The fraction of sp³-hybridized carbons (Fsp3) is 0.474. The van der Waals surface area contributed by atoms with Gasteiger partial charge in [0.25, 0.3) is 5.91 Å². The van der Waals surface area contributed by atoms with Crippen molar-refractivity contribution >= 4 is 22.7 Å². The Labute approximate surface area is 142 Å². The van der Waals surface area contributed by atoms with Gasteiger partial charge in [0.1, 0.15) is 0 Å². The second-order valence-corrected chi connectivity index (χ2v) is 6.74. The largest absolute Gasteiger partial charge is 0.369 e. The molecule has 3 rings (SSSR count). The summed E-state index contributed by atoms with van der Waals surface area (Å²) in [6.07, 6.45) is 4.54. The van der Waals surface area contributed by atoms with Gasteiger partial charge < -0.3 is 15.2 Å². The summed E-state index contributed by atoms with van der Waals surface area (Å²) >= 11 is 0. The summed E-state index contributed by atoms with van der Waals surface area (Å²) in [5, 5.41) is 0.976. The van der Waals surface area contributed by atoms with Crippen LogP contribution in [0.4, 0.5) is 0 Å². The molecule has 1 aliphatic heterocycles. The number of aryl methyl sites for hydroxylation is 1. The van der Waals surface area contributed by atoms with E-state index in [4.69, 9.17) is 5.73 Å². The van der Waals surface area contributed by atoms with Gasteiger partial charge in [-0.1, -0.05) is 25.1 Å². The molecule has 0 aliphatic carbocycles. The van der Waals surface area contributed by atoms with Crippen LogP contribution in [0.15, 0.2) is 30.5 Å². The minimum atomic E-state index is -0.312. The lowest BCUT2D eigenvalue weighted by Gasteiger charge is -2.36. The molecule has 0 unspecified atom stereocenters. The first kappa shape index (κ1) is 16.6. The second-order valence-electron chi connectivity index (χ2n) is 6.74. The maximum Gasteiger partial charge on any atom is 0.256 e. The van der Waals surface area contributed by atoms with E-state index in [0.717, 1.165) is 42.3 Å². The Kier molecular flexibility index (Phi) is 4.60. The summed E-state index contributed by atoms with van der Waals surface area (Å²) < 4.78 is 2.14. The number of primary amides is 1. The fourth-order valence-electron chi connectivity index (χ4n) is 3.62. The molecule has 128 valence electrons. The molecular weight excluding hydrogens is 302 g/mol. The molecule has 2 aromatic rings. The molecule has 2 amide bonds. The predicted octanol–water partition coefficient (Wildman–Crippen LogP) is 2.78. The second kappa shape index (κ2) is 6.67. The number of nitrogens with zero attached hydrogens (tertiary/aromatic N) is 2. The van der Waals surface area contributed by atoms with Gasteiger partial charge in [0, 0.05) is 36.2 Å². The van der Waals surface area contributed by atoms with E-state index < -0.39 is 0 Å². The Hall–Kier alpha value is -2.30. The van der Waals surface area contributed by atoms with Crippen LogP contribution in [0.5, 0.6) is 0 Å². The van der Waals surface area contributed by atoms with Crippen molar-refractivity contribution in [2.75, 3.05) is 6.54 Å². The number of amides is 2. The van der Waals surface area contributed by atoms with Gasteiger partial charge in [0.2, 0.25) is 5.91 Å². The number of carbonyl (C=O) groups is 2. The highest BCUT2D eigenvalue weighted by molar-refractivity contribution is 6.07. The summed E-state index contributed by atoms with van der Waals surface area (Å²) in [5.74, 6) is -0.554. The molecule has 24 heavy (non-hydrogen) atoms. The standard InChI is InChI=1S/C19H25N3O2/c1-3-10-21-12-16(15-6-4-5-7-17(15)21)19(24)22-11-14(18(20)23)9-8-13(22)2/h4-7,12-14H,3,8-11H2,1-2H3,(H2,20,23)/t13-,14+/m1/s1. The molecular formula is C19H25N3O2. The number of hydrogen-bond donors (Lipinski definition) is 1. The maximum atomic E-state index is 13.2. The highest BCUT2D eigenvalue weighted by Crippen LogP contribution is 2.28. The van der Waals surface area contributed by atoms with Crippen LogP contribution in [0, 0.1) is 5.92 Å². The minimum absolute atomic E-state index is 0.000460. The summed E-state index contributed by atoms with van der Waals surface area (Å²) in [6.45, 7) is 5.47. The van der Waals surface area contributed by atoms with Crippen molar-refractivity contribution in [3.05, 3.63) is 36.0 Å². The van der Waals surface area contributed by atoms with E-state index in [0.29, 0.717) is 6.54 Å². The van der Waals surface area contributed by atoms with E-state index in [1.54, 1.807) is 0 Å². The monoisotopic (exact) mass is 327 g/mol. The highest BCUT2D eigenvalue weighted by Gasteiger charge is 2.33. The predicted molar refractivity (Wildman–Crippen MR) is 94.6 cm³/mol. The van der Waals surface area contributed by atoms with Crippen LogP contribution in [-0.2, 0) is 11.3 Å². The Morgan fingerprint density at radius 3 is 2.71 bits per heavy atom. The number of para-hydroxylation sites is 1. The highest BCUT2D eigenvalue weighted by atomic mass is 16.2. The number of nitrogens with two attached hydrogens (primary N) is 1. The lowest BCUT2D eigenvalue weighted by molar-refractivity contribution is -0.123. The van der Waals surface area contributed by atoms with Crippen LogP contribution in [0.25, 0.3) is 10.9 Å². The fourth-order valence-corrected chi connectivity index (χ4v) is 3.62. The van der Waals surface area contributed by atoms with Gasteiger partial charge in [-0.05, 0) is 32.3 Å². The third kappa shape index (κ3) is 2.90. The number of aromatic nitrogens is 1. The Balaban J connectivity index is 1.97. The van der Waals surface area contributed by atoms with E-state index in [-0.39, 0.29) is 23.8 Å². The van der Waals surface area contributed by atoms with E-state index in [1.807, 2.05) is 42.3 Å². The smallest absolute Gasteiger partial charge is 0.256 e.